The number of hydrogen-bond acceptors (Lipinski definition) is 3. The first-order valence-electron chi connectivity index (χ1n) is 7.85. The van der Waals surface area contributed by atoms with Crippen molar-refractivity contribution >= 4 is 21.6 Å². The molecule has 1 unspecified atom stereocenters. The van der Waals surface area contributed by atoms with Crippen LogP contribution in [0.1, 0.15) is 24.8 Å². The molecule has 0 radical (unpaired) electrons. The molecule has 0 spiro atoms. The Labute approximate surface area is 145 Å². The van der Waals surface area contributed by atoms with E-state index in [4.69, 9.17) is 10.00 Å². The van der Waals surface area contributed by atoms with Crippen LogP contribution in [-0.2, 0) is 0 Å². The molecule has 2 aromatic rings. The summed E-state index contributed by atoms with van der Waals surface area (Å²) in [5, 5.41) is 8.95. The van der Waals surface area contributed by atoms with Crippen molar-refractivity contribution < 1.29 is 4.74 Å². The standard InChI is InChI=1S/C19H19BrN2O/c1-14-18(20)5-2-6-19(14)23-17-9-7-16(8-10-17)22-13-3-4-15(22)11-12-21/h2,5-10,15H,3-4,11,13H2,1H3. The van der Waals surface area contributed by atoms with E-state index >= 15 is 0 Å². The molecular weight excluding hydrogens is 352 g/mol. The molecule has 1 atom stereocenters. The molecule has 23 heavy (non-hydrogen) atoms. The Bertz CT molecular complexity index is 721. The van der Waals surface area contributed by atoms with Gasteiger partial charge in [-0.2, -0.15) is 5.26 Å². The SMILES string of the molecule is Cc1c(Br)cccc1Oc1ccc(N2CCCC2CC#N)cc1. The van der Waals surface area contributed by atoms with Crippen molar-refractivity contribution in [2.45, 2.75) is 32.2 Å². The Morgan fingerprint density at radius 2 is 2.04 bits per heavy atom. The highest BCUT2D eigenvalue weighted by Gasteiger charge is 2.24. The molecule has 1 aliphatic rings. The van der Waals surface area contributed by atoms with Crippen molar-refractivity contribution in [3.05, 3.63) is 52.5 Å². The molecule has 1 fully saturated rings. The highest BCUT2D eigenvalue weighted by molar-refractivity contribution is 9.10. The van der Waals surface area contributed by atoms with Gasteiger partial charge in [0, 0.05) is 28.3 Å². The zero-order valence-corrected chi connectivity index (χ0v) is 14.7. The highest BCUT2D eigenvalue weighted by atomic mass is 79.9. The Balaban J connectivity index is 1.75. The smallest absolute Gasteiger partial charge is 0.131 e. The Kier molecular flexibility index (Phi) is 4.88. The normalized spacial score (nSPS) is 17.1. The molecule has 0 saturated carbocycles. The van der Waals surface area contributed by atoms with E-state index in [2.05, 4.69) is 39.0 Å². The van der Waals surface area contributed by atoms with E-state index in [1.54, 1.807) is 0 Å². The molecule has 3 nitrogen and oxygen atoms in total. The summed E-state index contributed by atoms with van der Waals surface area (Å²) in [4.78, 5) is 2.33. The average Bonchev–Trinajstić information content (AvgIpc) is 3.01. The minimum absolute atomic E-state index is 0.346. The minimum Gasteiger partial charge on any atom is -0.457 e. The first-order chi connectivity index (χ1) is 11.2. The number of anilines is 1. The third kappa shape index (κ3) is 3.51. The van der Waals surface area contributed by atoms with Crippen molar-refractivity contribution in [3.8, 4) is 17.6 Å². The van der Waals surface area contributed by atoms with Crippen molar-refractivity contribution in [3.63, 3.8) is 0 Å². The molecule has 1 heterocycles. The number of ether oxygens (including phenoxy) is 1. The molecule has 0 aromatic heterocycles. The monoisotopic (exact) mass is 370 g/mol. The highest BCUT2D eigenvalue weighted by Crippen LogP contribution is 2.32. The third-order valence-electron chi connectivity index (χ3n) is 4.32. The summed E-state index contributed by atoms with van der Waals surface area (Å²) in [7, 11) is 0. The lowest BCUT2D eigenvalue weighted by Gasteiger charge is -2.25. The Morgan fingerprint density at radius 3 is 2.78 bits per heavy atom. The van der Waals surface area contributed by atoms with Crippen LogP contribution in [0.15, 0.2) is 46.9 Å². The van der Waals surface area contributed by atoms with Gasteiger partial charge in [0.05, 0.1) is 12.5 Å². The maximum atomic E-state index is 8.95. The lowest BCUT2D eigenvalue weighted by atomic mass is 10.1. The Morgan fingerprint density at radius 1 is 1.26 bits per heavy atom. The van der Waals surface area contributed by atoms with E-state index in [0.29, 0.717) is 12.5 Å². The Hall–Kier alpha value is -1.99. The van der Waals surface area contributed by atoms with Crippen molar-refractivity contribution in [2.75, 3.05) is 11.4 Å². The number of benzene rings is 2. The van der Waals surface area contributed by atoms with Crippen molar-refractivity contribution in [2.24, 2.45) is 0 Å². The van der Waals surface area contributed by atoms with E-state index in [-0.39, 0.29) is 0 Å². The fourth-order valence-electron chi connectivity index (χ4n) is 3.02. The topological polar surface area (TPSA) is 36.3 Å². The molecule has 118 valence electrons. The number of halogens is 1. The van der Waals surface area contributed by atoms with Gasteiger partial charge in [-0.1, -0.05) is 22.0 Å². The van der Waals surface area contributed by atoms with Crippen LogP contribution >= 0.6 is 15.9 Å². The minimum atomic E-state index is 0.346. The van der Waals surface area contributed by atoms with Crippen molar-refractivity contribution in [1.29, 1.82) is 5.26 Å². The lowest BCUT2D eigenvalue weighted by molar-refractivity contribution is 0.478. The number of nitriles is 1. The van der Waals surface area contributed by atoms with Crippen LogP contribution in [0.4, 0.5) is 5.69 Å². The maximum Gasteiger partial charge on any atom is 0.131 e. The van der Waals surface area contributed by atoms with Gasteiger partial charge < -0.3 is 9.64 Å². The van der Waals surface area contributed by atoms with Crippen LogP contribution in [0.3, 0.4) is 0 Å². The summed E-state index contributed by atoms with van der Waals surface area (Å²) in [6.45, 7) is 3.06. The molecule has 4 heteroatoms. The van der Waals surface area contributed by atoms with Gasteiger partial charge in [0.15, 0.2) is 0 Å². The first-order valence-corrected chi connectivity index (χ1v) is 8.65. The lowest BCUT2D eigenvalue weighted by Crippen LogP contribution is -2.28. The van der Waals surface area contributed by atoms with Gasteiger partial charge in [-0.3, -0.25) is 0 Å². The molecule has 1 saturated heterocycles. The van der Waals surface area contributed by atoms with Crippen LogP contribution in [-0.4, -0.2) is 12.6 Å². The van der Waals surface area contributed by atoms with E-state index in [0.717, 1.165) is 40.9 Å². The van der Waals surface area contributed by atoms with E-state index < -0.39 is 0 Å². The maximum absolute atomic E-state index is 8.95. The van der Waals surface area contributed by atoms with Crippen LogP contribution in [0.5, 0.6) is 11.5 Å². The number of hydrogen-bond donors (Lipinski definition) is 0. The molecule has 0 bridgehead atoms. The molecule has 0 N–H and O–H groups in total. The average molecular weight is 371 g/mol. The molecule has 1 aliphatic heterocycles. The summed E-state index contributed by atoms with van der Waals surface area (Å²) < 4.78 is 7.03. The molecule has 2 aromatic carbocycles. The van der Waals surface area contributed by atoms with Crippen molar-refractivity contribution in [1.82, 2.24) is 0 Å². The zero-order chi connectivity index (χ0) is 16.2. The first kappa shape index (κ1) is 15.9. The third-order valence-corrected chi connectivity index (χ3v) is 5.18. The van der Waals surface area contributed by atoms with Crippen LogP contribution in [0.2, 0.25) is 0 Å². The second-order valence-electron chi connectivity index (χ2n) is 5.81. The summed E-state index contributed by atoms with van der Waals surface area (Å²) in [5.41, 5.74) is 2.26. The van der Waals surface area contributed by atoms with Gasteiger partial charge in [-0.05, 0) is 56.2 Å². The van der Waals surface area contributed by atoms with E-state index in [9.17, 15) is 0 Å². The molecule has 0 amide bonds. The second kappa shape index (κ2) is 7.06. The predicted molar refractivity (Wildman–Crippen MR) is 96.0 cm³/mol. The summed E-state index contributed by atoms with van der Waals surface area (Å²) in [6, 6.07) is 16.7. The van der Waals surface area contributed by atoms with Gasteiger partial charge in [-0.25, -0.2) is 0 Å². The largest absolute Gasteiger partial charge is 0.457 e. The van der Waals surface area contributed by atoms with Gasteiger partial charge in [0.25, 0.3) is 0 Å². The van der Waals surface area contributed by atoms with Crippen LogP contribution < -0.4 is 9.64 Å². The fraction of sp³-hybridized carbons (Fsp3) is 0.316. The quantitative estimate of drug-likeness (QED) is 0.719. The second-order valence-corrected chi connectivity index (χ2v) is 6.66. The fourth-order valence-corrected chi connectivity index (χ4v) is 3.37. The van der Waals surface area contributed by atoms with E-state index in [1.807, 2.05) is 37.3 Å². The van der Waals surface area contributed by atoms with Gasteiger partial charge in [-0.15, -0.1) is 0 Å². The molecular formula is C19H19BrN2O. The summed E-state index contributed by atoms with van der Waals surface area (Å²) in [5.74, 6) is 1.68. The number of nitrogens with zero attached hydrogens (tertiary/aromatic N) is 2. The van der Waals surface area contributed by atoms with Crippen LogP contribution in [0, 0.1) is 18.3 Å². The molecule has 3 rings (SSSR count). The molecule has 0 aliphatic carbocycles. The van der Waals surface area contributed by atoms with Gasteiger partial charge >= 0.3 is 0 Å². The summed E-state index contributed by atoms with van der Waals surface area (Å²) in [6.07, 6.45) is 2.85. The van der Waals surface area contributed by atoms with Gasteiger partial charge in [0.1, 0.15) is 11.5 Å². The van der Waals surface area contributed by atoms with E-state index in [1.165, 1.54) is 5.69 Å². The summed E-state index contributed by atoms with van der Waals surface area (Å²) >= 11 is 3.52. The number of rotatable bonds is 4. The predicted octanol–water partition coefficient (Wildman–Crippen LogP) is 5.43. The van der Waals surface area contributed by atoms with Gasteiger partial charge in [0.2, 0.25) is 0 Å². The van der Waals surface area contributed by atoms with Crippen LogP contribution in [0.25, 0.3) is 0 Å². The zero-order valence-electron chi connectivity index (χ0n) is 13.1.